The molecule has 0 saturated carbocycles. The van der Waals surface area contributed by atoms with Gasteiger partial charge in [0.2, 0.25) is 5.56 Å². The Hall–Kier alpha value is -1.94. The Morgan fingerprint density at radius 1 is 1.32 bits per heavy atom. The van der Waals surface area contributed by atoms with E-state index in [-0.39, 0.29) is 11.1 Å². The van der Waals surface area contributed by atoms with E-state index in [1.807, 2.05) is 6.07 Å². The first-order valence-corrected chi connectivity index (χ1v) is 9.34. The summed E-state index contributed by atoms with van der Waals surface area (Å²) in [6.07, 6.45) is 8.51. The summed E-state index contributed by atoms with van der Waals surface area (Å²) < 4.78 is 0. The first kappa shape index (κ1) is 16.5. The second-order valence-corrected chi connectivity index (χ2v) is 7.80. The quantitative estimate of drug-likeness (QED) is 0.800. The Balaban J connectivity index is 1.90. The minimum Gasteiger partial charge on any atom is -0.326 e. The number of allylic oxidation sites excluding steroid dienone is 2. The molecule has 1 N–H and O–H groups in total. The van der Waals surface area contributed by atoms with Crippen LogP contribution in [0.3, 0.4) is 0 Å². The van der Waals surface area contributed by atoms with Crippen LogP contribution in [0.1, 0.15) is 44.4 Å². The van der Waals surface area contributed by atoms with Gasteiger partial charge in [0, 0.05) is 48.5 Å². The molecular formula is C21H27N3O. The zero-order valence-corrected chi connectivity index (χ0v) is 15.4. The van der Waals surface area contributed by atoms with Crippen LogP contribution < -0.4 is 5.56 Å². The molecule has 4 heteroatoms. The van der Waals surface area contributed by atoms with E-state index in [2.05, 4.69) is 42.9 Å². The van der Waals surface area contributed by atoms with Gasteiger partial charge in [0.25, 0.3) is 0 Å². The van der Waals surface area contributed by atoms with Crippen molar-refractivity contribution in [1.82, 2.24) is 9.88 Å². The average molecular weight is 337 g/mol. The Labute approximate surface area is 149 Å². The molecule has 132 valence electrons. The summed E-state index contributed by atoms with van der Waals surface area (Å²) in [6.45, 7) is 6.52. The van der Waals surface area contributed by atoms with Crippen LogP contribution in [0.5, 0.6) is 0 Å². The lowest BCUT2D eigenvalue weighted by atomic mass is 9.63. The number of rotatable bonds is 1. The number of pyridine rings is 1. The summed E-state index contributed by atoms with van der Waals surface area (Å²) in [7, 11) is 2.18. The zero-order valence-electron chi connectivity index (χ0n) is 15.4. The van der Waals surface area contributed by atoms with E-state index < -0.39 is 0 Å². The smallest absolute Gasteiger partial charge is 0.248 e. The van der Waals surface area contributed by atoms with Crippen LogP contribution in [-0.4, -0.2) is 35.7 Å². The molecule has 4 nitrogen and oxygen atoms in total. The van der Waals surface area contributed by atoms with E-state index in [1.165, 1.54) is 22.4 Å². The van der Waals surface area contributed by atoms with Crippen molar-refractivity contribution in [3.63, 3.8) is 0 Å². The monoisotopic (exact) mass is 337 g/mol. The SMILES string of the molecule is C/C=C1\C2C=C(C)CC1(N=C1CCN(C)CC1)c1ccc(=O)[nH]c1C2. The highest BCUT2D eigenvalue weighted by molar-refractivity contribution is 5.86. The molecule has 25 heavy (non-hydrogen) atoms. The van der Waals surface area contributed by atoms with Crippen molar-refractivity contribution in [3.8, 4) is 0 Å². The van der Waals surface area contributed by atoms with Crippen molar-refractivity contribution in [2.24, 2.45) is 10.9 Å². The number of piperidine rings is 1. The van der Waals surface area contributed by atoms with Gasteiger partial charge in [0.05, 0.1) is 0 Å². The maximum atomic E-state index is 11.9. The van der Waals surface area contributed by atoms with Crippen LogP contribution in [0.2, 0.25) is 0 Å². The van der Waals surface area contributed by atoms with Gasteiger partial charge in [-0.2, -0.15) is 0 Å². The highest BCUT2D eigenvalue weighted by atomic mass is 16.1. The van der Waals surface area contributed by atoms with E-state index in [0.717, 1.165) is 44.5 Å². The summed E-state index contributed by atoms with van der Waals surface area (Å²) in [6, 6.07) is 3.68. The van der Waals surface area contributed by atoms with Crippen LogP contribution in [0, 0.1) is 5.92 Å². The topological polar surface area (TPSA) is 48.5 Å². The van der Waals surface area contributed by atoms with Gasteiger partial charge in [-0.3, -0.25) is 9.79 Å². The van der Waals surface area contributed by atoms with Gasteiger partial charge in [-0.05, 0) is 51.8 Å². The third-order valence-electron chi connectivity index (χ3n) is 5.99. The van der Waals surface area contributed by atoms with Crippen molar-refractivity contribution in [1.29, 1.82) is 0 Å². The lowest BCUT2D eigenvalue weighted by Crippen LogP contribution is -2.42. The van der Waals surface area contributed by atoms with Gasteiger partial charge in [-0.25, -0.2) is 0 Å². The molecule has 2 atom stereocenters. The number of aromatic amines is 1. The zero-order chi connectivity index (χ0) is 17.6. The number of likely N-dealkylation sites (tertiary alicyclic amines) is 1. The van der Waals surface area contributed by atoms with Gasteiger partial charge in [-0.15, -0.1) is 0 Å². The molecule has 1 saturated heterocycles. The van der Waals surface area contributed by atoms with E-state index in [4.69, 9.17) is 4.99 Å². The minimum absolute atomic E-state index is 0.0106. The normalized spacial score (nSPS) is 30.8. The lowest BCUT2D eigenvalue weighted by Gasteiger charge is -2.46. The number of hydrogen-bond donors (Lipinski definition) is 1. The van der Waals surface area contributed by atoms with Crippen molar-refractivity contribution in [3.05, 3.63) is 57.0 Å². The average Bonchev–Trinajstić information content (AvgIpc) is 2.56. The van der Waals surface area contributed by atoms with Crippen molar-refractivity contribution in [2.45, 2.75) is 45.1 Å². The van der Waals surface area contributed by atoms with Gasteiger partial charge in [0.1, 0.15) is 5.54 Å². The number of aromatic nitrogens is 1. The number of fused-ring (bicyclic) bond motifs is 4. The molecule has 2 aliphatic carbocycles. The summed E-state index contributed by atoms with van der Waals surface area (Å²) in [5, 5.41) is 0. The maximum absolute atomic E-state index is 11.9. The fourth-order valence-corrected chi connectivity index (χ4v) is 4.89. The summed E-state index contributed by atoms with van der Waals surface area (Å²) in [5.74, 6) is 0.347. The second-order valence-electron chi connectivity index (χ2n) is 7.80. The molecular weight excluding hydrogens is 310 g/mol. The third-order valence-corrected chi connectivity index (χ3v) is 5.99. The van der Waals surface area contributed by atoms with Gasteiger partial charge < -0.3 is 9.88 Å². The largest absolute Gasteiger partial charge is 0.326 e. The summed E-state index contributed by atoms with van der Waals surface area (Å²) in [4.78, 5) is 22.8. The Bertz CT molecular complexity index is 835. The van der Waals surface area contributed by atoms with Crippen LogP contribution in [0.25, 0.3) is 0 Å². The molecule has 0 aromatic carbocycles. The molecule has 0 amide bonds. The number of nitrogens with one attached hydrogen (secondary N) is 1. The van der Waals surface area contributed by atoms with Crippen LogP contribution >= 0.6 is 0 Å². The molecule has 0 radical (unpaired) electrons. The lowest BCUT2D eigenvalue weighted by molar-refractivity contribution is 0.331. The molecule has 1 aliphatic heterocycles. The fraction of sp³-hybridized carbons (Fsp3) is 0.524. The van der Waals surface area contributed by atoms with Gasteiger partial charge >= 0.3 is 0 Å². The van der Waals surface area contributed by atoms with Crippen molar-refractivity contribution < 1.29 is 0 Å². The Morgan fingerprint density at radius 2 is 2.08 bits per heavy atom. The second kappa shape index (κ2) is 6.10. The highest BCUT2D eigenvalue weighted by Crippen LogP contribution is 2.52. The standard InChI is InChI=1S/C21H27N3O/c1-4-17-15-11-14(2)13-21(17,23-16-7-9-24(3)10-8-16)18-5-6-20(25)22-19(18)12-15/h4-6,11,15H,7-10,12-13H2,1-3H3,(H,22,25)/b17-4+. The molecule has 4 rings (SSSR count). The van der Waals surface area contributed by atoms with E-state index >= 15 is 0 Å². The fourth-order valence-electron chi connectivity index (χ4n) is 4.89. The number of H-pyrrole nitrogens is 1. The number of hydrogen-bond acceptors (Lipinski definition) is 3. The molecule has 1 aromatic heterocycles. The van der Waals surface area contributed by atoms with Crippen LogP contribution in [0.4, 0.5) is 0 Å². The first-order valence-electron chi connectivity index (χ1n) is 9.34. The van der Waals surface area contributed by atoms with E-state index in [9.17, 15) is 4.79 Å². The van der Waals surface area contributed by atoms with Gasteiger partial charge in [-0.1, -0.05) is 17.7 Å². The molecule has 1 aromatic rings. The number of nitrogens with zero attached hydrogens (tertiary/aromatic N) is 2. The van der Waals surface area contributed by atoms with Crippen LogP contribution in [0.15, 0.2) is 45.2 Å². The van der Waals surface area contributed by atoms with E-state index in [1.54, 1.807) is 6.07 Å². The molecule has 2 unspecified atom stereocenters. The Morgan fingerprint density at radius 3 is 2.80 bits per heavy atom. The predicted octanol–water partition coefficient (Wildman–Crippen LogP) is 3.21. The van der Waals surface area contributed by atoms with Crippen LogP contribution in [-0.2, 0) is 12.0 Å². The molecule has 3 aliphatic rings. The molecule has 0 spiro atoms. The first-order chi connectivity index (χ1) is 12.0. The third kappa shape index (κ3) is 2.73. The van der Waals surface area contributed by atoms with Crippen molar-refractivity contribution in [2.75, 3.05) is 20.1 Å². The van der Waals surface area contributed by atoms with Gasteiger partial charge in [0.15, 0.2) is 0 Å². The highest BCUT2D eigenvalue weighted by Gasteiger charge is 2.46. The maximum Gasteiger partial charge on any atom is 0.248 e. The minimum atomic E-state index is -0.318. The molecule has 2 heterocycles. The van der Waals surface area contributed by atoms with Crippen molar-refractivity contribution >= 4 is 5.71 Å². The number of aliphatic imine (C=N–C) groups is 1. The summed E-state index contributed by atoms with van der Waals surface area (Å²) in [5.41, 5.74) is 6.09. The summed E-state index contributed by atoms with van der Waals surface area (Å²) >= 11 is 0. The molecule has 1 fully saturated rings. The Kier molecular flexibility index (Phi) is 4.03. The predicted molar refractivity (Wildman–Crippen MR) is 102 cm³/mol. The van der Waals surface area contributed by atoms with E-state index in [0.29, 0.717) is 5.92 Å². The molecule has 2 bridgehead atoms.